The molecule has 1 aromatic carbocycles. The Balaban J connectivity index is 2.15. The van der Waals surface area contributed by atoms with E-state index in [2.05, 4.69) is 15.5 Å². The van der Waals surface area contributed by atoms with Crippen molar-refractivity contribution in [3.63, 3.8) is 0 Å². The van der Waals surface area contributed by atoms with E-state index >= 15 is 0 Å². The Bertz CT molecular complexity index is 743. The summed E-state index contributed by atoms with van der Waals surface area (Å²) in [5.74, 6) is 0.747. The van der Waals surface area contributed by atoms with Crippen LogP contribution >= 0.6 is 11.8 Å². The molecule has 8 nitrogen and oxygen atoms in total. The Morgan fingerprint density at radius 2 is 1.96 bits per heavy atom. The number of benzene rings is 1. The number of hydrogen-bond acceptors (Lipinski definition) is 6. The Labute approximate surface area is 150 Å². The minimum Gasteiger partial charge on any atom is -0.497 e. The number of amides is 2. The molecule has 0 spiro atoms. The molecular weight excluding hydrogens is 342 g/mol. The van der Waals surface area contributed by atoms with E-state index in [4.69, 9.17) is 10.5 Å². The molecular formula is C16H21N5O3S. The largest absolute Gasteiger partial charge is 0.497 e. The number of nitrogens with one attached hydrogen (secondary N) is 1. The standard InChI is InChI=1S/C16H21N5O3S/c1-10(2)21-15(11-4-6-12(24-3)7-5-11)19-20-16(21)25-9-14(23)18-8-13(17)22/h4-7,10H,8-9H2,1-3H3,(H2,17,22)(H,18,23). The molecule has 0 aliphatic rings. The highest BCUT2D eigenvalue weighted by molar-refractivity contribution is 7.99. The number of primary amides is 1. The first kappa shape index (κ1) is 18.8. The second kappa shape index (κ2) is 8.52. The van der Waals surface area contributed by atoms with Crippen LogP contribution in [0.25, 0.3) is 11.4 Å². The monoisotopic (exact) mass is 363 g/mol. The van der Waals surface area contributed by atoms with Gasteiger partial charge < -0.3 is 15.8 Å². The first-order valence-electron chi connectivity index (χ1n) is 7.69. The van der Waals surface area contributed by atoms with Gasteiger partial charge in [0.05, 0.1) is 19.4 Å². The van der Waals surface area contributed by atoms with Gasteiger partial charge in [-0.3, -0.25) is 14.2 Å². The van der Waals surface area contributed by atoms with E-state index in [0.717, 1.165) is 17.1 Å². The molecule has 0 atom stereocenters. The number of hydrogen-bond donors (Lipinski definition) is 2. The SMILES string of the molecule is COc1ccc(-c2nnc(SCC(=O)NCC(N)=O)n2C(C)C)cc1. The first-order valence-corrected chi connectivity index (χ1v) is 8.68. The predicted octanol–water partition coefficient (Wildman–Crippen LogP) is 1.23. The smallest absolute Gasteiger partial charge is 0.236 e. The summed E-state index contributed by atoms with van der Waals surface area (Å²) in [6.07, 6.45) is 0. The second-order valence-corrected chi connectivity index (χ2v) is 6.47. The van der Waals surface area contributed by atoms with E-state index < -0.39 is 5.91 Å². The van der Waals surface area contributed by atoms with Crippen molar-refractivity contribution in [3.8, 4) is 17.1 Å². The van der Waals surface area contributed by atoms with Crippen molar-refractivity contribution >= 4 is 23.6 Å². The van der Waals surface area contributed by atoms with Gasteiger partial charge in [0, 0.05) is 11.6 Å². The summed E-state index contributed by atoms with van der Waals surface area (Å²) in [6, 6.07) is 7.66. The molecule has 0 saturated heterocycles. The highest BCUT2D eigenvalue weighted by Gasteiger charge is 2.18. The quantitative estimate of drug-likeness (QED) is 0.682. The van der Waals surface area contributed by atoms with Crippen molar-refractivity contribution in [2.75, 3.05) is 19.4 Å². The molecule has 3 N–H and O–H groups in total. The lowest BCUT2D eigenvalue weighted by atomic mass is 10.2. The zero-order chi connectivity index (χ0) is 18.4. The van der Waals surface area contributed by atoms with Crippen molar-refractivity contribution in [1.29, 1.82) is 0 Å². The summed E-state index contributed by atoms with van der Waals surface area (Å²) in [5, 5.41) is 11.5. The lowest BCUT2D eigenvalue weighted by Gasteiger charge is -2.14. The Kier molecular flexibility index (Phi) is 6.40. The van der Waals surface area contributed by atoms with Crippen molar-refractivity contribution in [2.45, 2.75) is 25.0 Å². The summed E-state index contributed by atoms with van der Waals surface area (Å²) >= 11 is 1.26. The average molecular weight is 363 g/mol. The van der Waals surface area contributed by atoms with E-state index in [1.165, 1.54) is 11.8 Å². The van der Waals surface area contributed by atoms with E-state index in [-0.39, 0.29) is 24.2 Å². The number of methoxy groups -OCH3 is 1. The maximum Gasteiger partial charge on any atom is 0.236 e. The normalized spacial score (nSPS) is 10.7. The lowest BCUT2D eigenvalue weighted by Crippen LogP contribution is -2.34. The third-order valence-electron chi connectivity index (χ3n) is 3.32. The fourth-order valence-corrected chi connectivity index (χ4v) is 3.04. The van der Waals surface area contributed by atoms with Gasteiger partial charge in [-0.2, -0.15) is 0 Å². The third-order valence-corrected chi connectivity index (χ3v) is 4.26. The van der Waals surface area contributed by atoms with Gasteiger partial charge >= 0.3 is 0 Å². The van der Waals surface area contributed by atoms with Gasteiger partial charge in [0.1, 0.15) is 5.75 Å². The van der Waals surface area contributed by atoms with Gasteiger partial charge in [0.2, 0.25) is 11.8 Å². The van der Waals surface area contributed by atoms with Gasteiger partial charge in [0.25, 0.3) is 0 Å². The maximum absolute atomic E-state index is 11.7. The predicted molar refractivity (Wildman–Crippen MR) is 95.3 cm³/mol. The van der Waals surface area contributed by atoms with Crippen LogP contribution in [0.1, 0.15) is 19.9 Å². The van der Waals surface area contributed by atoms with E-state index in [0.29, 0.717) is 5.16 Å². The third kappa shape index (κ3) is 4.96. The molecule has 0 saturated carbocycles. The number of nitrogens with two attached hydrogens (primary N) is 1. The van der Waals surface area contributed by atoms with Crippen molar-refractivity contribution in [3.05, 3.63) is 24.3 Å². The van der Waals surface area contributed by atoms with Crippen LogP contribution in [0, 0.1) is 0 Å². The fraction of sp³-hybridized carbons (Fsp3) is 0.375. The van der Waals surface area contributed by atoms with Crippen LogP contribution in [-0.4, -0.2) is 46.0 Å². The van der Waals surface area contributed by atoms with Gasteiger partial charge in [-0.1, -0.05) is 11.8 Å². The highest BCUT2D eigenvalue weighted by atomic mass is 32.2. The Morgan fingerprint density at radius 1 is 1.28 bits per heavy atom. The molecule has 0 radical (unpaired) electrons. The summed E-state index contributed by atoms with van der Waals surface area (Å²) in [4.78, 5) is 22.4. The second-order valence-electron chi connectivity index (χ2n) is 5.53. The maximum atomic E-state index is 11.7. The molecule has 0 aliphatic carbocycles. The molecule has 2 rings (SSSR count). The number of thioether (sulfide) groups is 1. The zero-order valence-electron chi connectivity index (χ0n) is 14.4. The summed E-state index contributed by atoms with van der Waals surface area (Å²) in [7, 11) is 1.61. The molecule has 2 amide bonds. The number of carbonyl (C=O) groups is 2. The molecule has 25 heavy (non-hydrogen) atoms. The topological polar surface area (TPSA) is 112 Å². The van der Waals surface area contributed by atoms with Crippen LogP contribution in [-0.2, 0) is 9.59 Å². The van der Waals surface area contributed by atoms with E-state index in [9.17, 15) is 9.59 Å². The number of ether oxygens (including phenoxy) is 1. The van der Waals surface area contributed by atoms with Crippen molar-refractivity contribution < 1.29 is 14.3 Å². The fourth-order valence-electron chi connectivity index (χ4n) is 2.14. The van der Waals surface area contributed by atoms with Crippen LogP contribution in [0.4, 0.5) is 0 Å². The van der Waals surface area contributed by atoms with Gasteiger partial charge in [-0.05, 0) is 38.1 Å². The number of carbonyl (C=O) groups excluding carboxylic acids is 2. The molecule has 0 aliphatic heterocycles. The first-order chi connectivity index (χ1) is 11.9. The van der Waals surface area contributed by atoms with Crippen molar-refractivity contribution in [1.82, 2.24) is 20.1 Å². The molecule has 1 heterocycles. The van der Waals surface area contributed by atoms with Crippen LogP contribution in [0.15, 0.2) is 29.4 Å². The van der Waals surface area contributed by atoms with Crippen LogP contribution in [0.5, 0.6) is 5.75 Å². The van der Waals surface area contributed by atoms with Gasteiger partial charge in [-0.25, -0.2) is 0 Å². The van der Waals surface area contributed by atoms with Gasteiger partial charge in [-0.15, -0.1) is 10.2 Å². The lowest BCUT2D eigenvalue weighted by molar-refractivity contribution is -0.123. The molecule has 134 valence electrons. The molecule has 1 aromatic heterocycles. The molecule has 9 heteroatoms. The molecule has 0 unspecified atom stereocenters. The molecule has 2 aromatic rings. The summed E-state index contributed by atoms with van der Waals surface area (Å²) in [5.41, 5.74) is 5.91. The minimum absolute atomic E-state index is 0.114. The average Bonchev–Trinajstić information content (AvgIpc) is 3.02. The Morgan fingerprint density at radius 3 is 2.52 bits per heavy atom. The van der Waals surface area contributed by atoms with E-state index in [1.54, 1.807) is 7.11 Å². The van der Waals surface area contributed by atoms with Crippen molar-refractivity contribution in [2.24, 2.45) is 5.73 Å². The van der Waals surface area contributed by atoms with Gasteiger partial charge in [0.15, 0.2) is 11.0 Å². The molecule has 0 fully saturated rings. The summed E-state index contributed by atoms with van der Waals surface area (Å²) < 4.78 is 7.13. The number of aromatic nitrogens is 3. The van der Waals surface area contributed by atoms with E-state index in [1.807, 2.05) is 42.7 Å². The minimum atomic E-state index is -0.578. The Hall–Kier alpha value is -2.55. The van der Waals surface area contributed by atoms with Crippen LogP contribution in [0.2, 0.25) is 0 Å². The number of rotatable bonds is 8. The summed E-state index contributed by atoms with van der Waals surface area (Å²) in [6.45, 7) is 3.87. The van der Waals surface area contributed by atoms with Crippen LogP contribution in [0.3, 0.4) is 0 Å². The van der Waals surface area contributed by atoms with Crippen LogP contribution < -0.4 is 15.8 Å². The number of nitrogens with zero attached hydrogens (tertiary/aromatic N) is 3. The molecule has 0 bridgehead atoms. The zero-order valence-corrected chi connectivity index (χ0v) is 15.2. The highest BCUT2D eigenvalue weighted by Crippen LogP contribution is 2.28.